The van der Waals surface area contributed by atoms with Crippen LogP contribution in [0.15, 0.2) is 99.2 Å². The molecule has 0 spiro atoms. The first-order chi connectivity index (χ1) is 21.8. The van der Waals surface area contributed by atoms with Crippen molar-refractivity contribution in [2.45, 2.75) is 111 Å². The summed E-state index contributed by atoms with van der Waals surface area (Å²) in [5.74, 6) is 0.707. The largest absolute Gasteiger partial charge is 0.0839 e. The summed E-state index contributed by atoms with van der Waals surface area (Å²) < 4.78 is 0. The monoisotopic (exact) mass is 588 g/mol. The molecule has 0 bridgehead atoms. The minimum atomic E-state index is 0.114. The molecule has 1 unspecified atom stereocenters. The van der Waals surface area contributed by atoms with Crippen molar-refractivity contribution in [3.05, 3.63) is 121 Å². The van der Waals surface area contributed by atoms with Crippen molar-refractivity contribution in [1.82, 2.24) is 0 Å². The smallest absolute Gasteiger partial charge is 0.0152 e. The van der Waals surface area contributed by atoms with Crippen LogP contribution in [0.3, 0.4) is 0 Å². The van der Waals surface area contributed by atoms with Gasteiger partial charge in [0.1, 0.15) is 0 Å². The Morgan fingerprint density at radius 2 is 1.60 bits per heavy atom. The Labute approximate surface area is 270 Å². The summed E-state index contributed by atoms with van der Waals surface area (Å²) in [7, 11) is 0. The SMILES string of the molecule is CC1(C)C=C(CCCC2=CC3=C(CC2)C2=C(C=CCC2)C3(C)C)C2=C1C=C(c1ccc3ccc4c5c3c1=CCC5CCC=4)CC2. The predicted octanol–water partition coefficient (Wildman–Crippen LogP) is 11.0. The van der Waals surface area contributed by atoms with E-state index in [2.05, 4.69) is 94.5 Å². The number of hydrogen-bond donors (Lipinski definition) is 0. The van der Waals surface area contributed by atoms with Crippen LogP contribution in [0.1, 0.15) is 122 Å². The topological polar surface area (TPSA) is 0 Å². The third kappa shape index (κ3) is 4.23. The molecule has 7 aliphatic rings. The molecule has 1 atom stereocenters. The van der Waals surface area contributed by atoms with Crippen molar-refractivity contribution in [2.24, 2.45) is 10.8 Å². The van der Waals surface area contributed by atoms with Gasteiger partial charge in [0.05, 0.1) is 0 Å². The third-order valence-electron chi connectivity index (χ3n) is 12.6. The number of fused-ring (bicyclic) bond motifs is 1. The van der Waals surface area contributed by atoms with E-state index in [9.17, 15) is 0 Å². The average molecular weight is 589 g/mol. The van der Waals surface area contributed by atoms with Crippen molar-refractivity contribution in [3.63, 3.8) is 0 Å². The van der Waals surface area contributed by atoms with E-state index in [1.807, 2.05) is 0 Å². The lowest BCUT2D eigenvalue weighted by molar-refractivity contribution is 0.565. The van der Waals surface area contributed by atoms with E-state index in [4.69, 9.17) is 0 Å². The molecular weight excluding hydrogens is 540 g/mol. The molecule has 9 rings (SSSR count). The van der Waals surface area contributed by atoms with Gasteiger partial charge < -0.3 is 0 Å². The summed E-state index contributed by atoms with van der Waals surface area (Å²) in [4.78, 5) is 0. The van der Waals surface area contributed by atoms with Gasteiger partial charge in [-0.2, -0.15) is 0 Å². The number of allylic oxidation sites excluding steroid dienone is 14. The second-order valence-corrected chi connectivity index (χ2v) is 16.1. The predicted molar refractivity (Wildman–Crippen MR) is 192 cm³/mol. The maximum absolute atomic E-state index is 2.63. The van der Waals surface area contributed by atoms with Crippen LogP contribution in [-0.2, 0) is 0 Å². The molecule has 7 aliphatic carbocycles. The van der Waals surface area contributed by atoms with Crippen LogP contribution >= 0.6 is 0 Å². The molecule has 228 valence electrons. The molecule has 0 fully saturated rings. The first-order valence-corrected chi connectivity index (χ1v) is 18.1. The van der Waals surface area contributed by atoms with Gasteiger partial charge in [-0.05, 0) is 160 Å². The molecule has 0 saturated carbocycles. The van der Waals surface area contributed by atoms with Crippen molar-refractivity contribution >= 4 is 28.5 Å². The van der Waals surface area contributed by atoms with Crippen molar-refractivity contribution in [1.29, 1.82) is 0 Å². The molecule has 0 aliphatic heterocycles. The quantitative estimate of drug-likeness (QED) is 0.326. The van der Waals surface area contributed by atoms with Gasteiger partial charge in [0.15, 0.2) is 0 Å². The zero-order valence-electron chi connectivity index (χ0n) is 27.9. The summed E-state index contributed by atoms with van der Waals surface area (Å²) >= 11 is 0. The van der Waals surface area contributed by atoms with E-state index in [1.54, 1.807) is 61.1 Å². The van der Waals surface area contributed by atoms with Gasteiger partial charge in [-0.25, -0.2) is 0 Å². The minimum Gasteiger partial charge on any atom is -0.0839 e. The van der Waals surface area contributed by atoms with E-state index in [1.165, 1.54) is 92.0 Å². The summed E-state index contributed by atoms with van der Waals surface area (Å²) in [5, 5.41) is 6.00. The van der Waals surface area contributed by atoms with Gasteiger partial charge in [0.2, 0.25) is 0 Å². The number of benzene rings is 2. The standard InChI is InChI=1S/C45H48/c1-44(2)27-33(12-7-9-28-15-21-37-36-13-5-6-14-39(36)45(3,4)41(37)25-28)35-23-20-32(26-40(35)44)34-22-18-31-17-16-29-10-8-11-30-19-24-38(34)43(31)42(29)30/h6,10,14,16-18,22,24-27,30H,5,7-9,11-13,15,19-21,23H2,1-4H3. The molecule has 2 aromatic rings. The van der Waals surface area contributed by atoms with Crippen LogP contribution in [0.25, 0.3) is 28.5 Å². The second-order valence-electron chi connectivity index (χ2n) is 16.1. The minimum absolute atomic E-state index is 0.114. The normalized spacial score (nSPS) is 25.3. The van der Waals surface area contributed by atoms with Crippen LogP contribution in [-0.4, -0.2) is 0 Å². The highest BCUT2D eigenvalue weighted by atomic mass is 14.4. The fourth-order valence-electron chi connectivity index (χ4n) is 10.4. The number of rotatable bonds is 5. The molecule has 0 N–H and O–H groups in total. The average Bonchev–Trinajstić information content (AvgIpc) is 3.45. The highest BCUT2D eigenvalue weighted by Gasteiger charge is 2.39. The molecule has 0 heteroatoms. The summed E-state index contributed by atoms with van der Waals surface area (Å²) in [6.07, 6.45) is 32.5. The highest BCUT2D eigenvalue weighted by molar-refractivity contribution is 5.93. The zero-order valence-corrected chi connectivity index (χ0v) is 27.9. The van der Waals surface area contributed by atoms with Gasteiger partial charge in [0.25, 0.3) is 0 Å². The molecule has 0 nitrogen and oxygen atoms in total. The highest BCUT2D eigenvalue weighted by Crippen LogP contribution is 2.54. The Balaban J connectivity index is 0.970. The summed E-state index contributed by atoms with van der Waals surface area (Å²) in [6, 6.07) is 9.58. The van der Waals surface area contributed by atoms with Crippen molar-refractivity contribution in [2.75, 3.05) is 0 Å². The molecule has 0 saturated heterocycles. The summed E-state index contributed by atoms with van der Waals surface area (Å²) in [6.45, 7) is 9.81. The molecular formula is C45H48. The van der Waals surface area contributed by atoms with Crippen molar-refractivity contribution < 1.29 is 0 Å². The van der Waals surface area contributed by atoms with Gasteiger partial charge in [-0.1, -0.05) is 100 Å². The maximum atomic E-state index is 2.63. The van der Waals surface area contributed by atoms with E-state index in [0.29, 0.717) is 5.92 Å². The summed E-state index contributed by atoms with van der Waals surface area (Å²) in [5.41, 5.74) is 18.2. The Morgan fingerprint density at radius 3 is 2.51 bits per heavy atom. The molecule has 2 aromatic carbocycles. The van der Waals surface area contributed by atoms with Gasteiger partial charge >= 0.3 is 0 Å². The van der Waals surface area contributed by atoms with E-state index < -0.39 is 0 Å². The van der Waals surface area contributed by atoms with Crippen LogP contribution in [0.2, 0.25) is 0 Å². The Bertz CT molecular complexity index is 2030. The molecule has 0 amide bonds. The van der Waals surface area contributed by atoms with Crippen LogP contribution in [0.4, 0.5) is 0 Å². The Morgan fingerprint density at radius 1 is 0.756 bits per heavy atom. The molecule has 0 heterocycles. The van der Waals surface area contributed by atoms with Gasteiger partial charge in [0, 0.05) is 10.8 Å². The van der Waals surface area contributed by atoms with Crippen LogP contribution < -0.4 is 10.4 Å². The Kier molecular flexibility index (Phi) is 6.23. The maximum Gasteiger partial charge on any atom is 0.0152 e. The first kappa shape index (κ1) is 27.9. The van der Waals surface area contributed by atoms with Gasteiger partial charge in [-0.3, -0.25) is 0 Å². The lowest BCUT2D eigenvalue weighted by Gasteiger charge is -2.28. The lowest BCUT2D eigenvalue weighted by atomic mass is 9.76. The fraction of sp³-hybridized carbons (Fsp3) is 0.422. The molecule has 45 heavy (non-hydrogen) atoms. The molecule has 0 aromatic heterocycles. The van der Waals surface area contributed by atoms with Crippen LogP contribution in [0.5, 0.6) is 0 Å². The number of hydrogen-bond acceptors (Lipinski definition) is 0. The third-order valence-corrected chi connectivity index (χ3v) is 12.6. The zero-order chi connectivity index (χ0) is 30.5. The lowest BCUT2D eigenvalue weighted by Crippen LogP contribution is -2.26. The van der Waals surface area contributed by atoms with Crippen molar-refractivity contribution in [3.8, 4) is 0 Å². The van der Waals surface area contributed by atoms with Gasteiger partial charge in [-0.15, -0.1) is 0 Å². The molecule has 0 radical (unpaired) electrons. The fourth-order valence-corrected chi connectivity index (χ4v) is 10.4. The second kappa shape index (κ2) is 10.1. The first-order valence-electron chi connectivity index (χ1n) is 18.1. The van der Waals surface area contributed by atoms with E-state index in [0.717, 1.165) is 6.42 Å². The van der Waals surface area contributed by atoms with E-state index in [-0.39, 0.29) is 10.8 Å². The Hall–Kier alpha value is -3.38. The van der Waals surface area contributed by atoms with Crippen LogP contribution in [0, 0.1) is 10.8 Å². The van der Waals surface area contributed by atoms with E-state index >= 15 is 0 Å².